The molecule has 1 aliphatic heterocycles. The van der Waals surface area contributed by atoms with Gasteiger partial charge in [0.2, 0.25) is 0 Å². The number of piperazine rings is 1. The highest BCUT2D eigenvalue weighted by Crippen LogP contribution is 2.30. The molecule has 0 aliphatic carbocycles. The monoisotopic (exact) mass is 339 g/mol. The Balaban J connectivity index is 2.16. The van der Waals surface area contributed by atoms with Gasteiger partial charge in [0.1, 0.15) is 0 Å². The fraction of sp³-hybridized carbons (Fsp3) is 0.625. The predicted molar refractivity (Wildman–Crippen MR) is 90.5 cm³/mol. The van der Waals surface area contributed by atoms with Crippen molar-refractivity contribution in [2.45, 2.75) is 32.9 Å². The summed E-state index contributed by atoms with van der Waals surface area (Å²) in [6, 6.07) is 7.73. The molecule has 112 valence electrons. The molecule has 0 saturated carbocycles. The minimum atomic E-state index is 0.383. The molecule has 0 aromatic heterocycles. The highest BCUT2D eigenvalue weighted by atomic mass is 79.9. The van der Waals surface area contributed by atoms with Gasteiger partial charge in [-0.1, -0.05) is 28.9 Å². The van der Waals surface area contributed by atoms with Crippen LogP contribution in [0.2, 0.25) is 0 Å². The first-order valence-corrected chi connectivity index (χ1v) is 8.30. The van der Waals surface area contributed by atoms with Crippen molar-refractivity contribution in [2.75, 3.05) is 38.1 Å². The maximum Gasteiger partial charge on any atom is 0.0389 e. The van der Waals surface area contributed by atoms with Gasteiger partial charge in [-0.25, -0.2) is 0 Å². The minimum Gasteiger partial charge on any atom is -0.366 e. The van der Waals surface area contributed by atoms with Gasteiger partial charge in [-0.2, -0.15) is 0 Å². The number of hydrogen-bond donors (Lipinski definition) is 1. The Hall–Kier alpha value is -0.580. The second kappa shape index (κ2) is 6.92. The molecule has 2 unspecified atom stereocenters. The third-order valence-electron chi connectivity index (χ3n) is 4.12. The summed E-state index contributed by atoms with van der Waals surface area (Å²) in [5.74, 6) is 0. The predicted octanol–water partition coefficient (Wildman–Crippen LogP) is 3.26. The van der Waals surface area contributed by atoms with Gasteiger partial charge in [-0.15, -0.1) is 0 Å². The van der Waals surface area contributed by atoms with Crippen LogP contribution in [0.4, 0.5) is 5.69 Å². The van der Waals surface area contributed by atoms with E-state index in [1.54, 1.807) is 0 Å². The van der Waals surface area contributed by atoms with E-state index in [1.165, 1.54) is 15.7 Å². The molecule has 2 rings (SSSR count). The SMILES string of the molecule is CCNC(C)c1ccc(N2CCN(C)CC2C)cc1Br. The van der Waals surface area contributed by atoms with E-state index in [2.05, 4.69) is 77.1 Å². The zero-order valence-electron chi connectivity index (χ0n) is 13.0. The number of likely N-dealkylation sites (N-methyl/N-ethyl adjacent to an activating group) is 1. The summed E-state index contributed by atoms with van der Waals surface area (Å²) < 4.78 is 1.20. The fourth-order valence-electron chi connectivity index (χ4n) is 2.99. The molecule has 1 aliphatic rings. The van der Waals surface area contributed by atoms with Crippen LogP contribution >= 0.6 is 15.9 Å². The van der Waals surface area contributed by atoms with Crippen LogP contribution in [0.15, 0.2) is 22.7 Å². The first kappa shape index (κ1) is 15.8. The molecule has 2 atom stereocenters. The van der Waals surface area contributed by atoms with Crippen LogP contribution in [0.25, 0.3) is 0 Å². The molecule has 1 aromatic rings. The quantitative estimate of drug-likeness (QED) is 0.908. The molecular formula is C16H26BrN3. The summed E-state index contributed by atoms with van der Waals surface area (Å²) in [5.41, 5.74) is 2.65. The molecule has 20 heavy (non-hydrogen) atoms. The van der Waals surface area contributed by atoms with E-state index in [0.29, 0.717) is 12.1 Å². The first-order chi connectivity index (χ1) is 9.52. The van der Waals surface area contributed by atoms with Gasteiger partial charge in [-0.3, -0.25) is 0 Å². The van der Waals surface area contributed by atoms with Crippen molar-refractivity contribution in [3.05, 3.63) is 28.2 Å². The van der Waals surface area contributed by atoms with Crippen LogP contribution in [0.1, 0.15) is 32.4 Å². The summed E-state index contributed by atoms with van der Waals surface area (Å²) in [6.07, 6.45) is 0. The van der Waals surface area contributed by atoms with Crippen molar-refractivity contribution < 1.29 is 0 Å². The van der Waals surface area contributed by atoms with E-state index in [9.17, 15) is 0 Å². The zero-order chi connectivity index (χ0) is 14.7. The summed E-state index contributed by atoms with van der Waals surface area (Å²) in [7, 11) is 2.20. The van der Waals surface area contributed by atoms with Crippen LogP contribution < -0.4 is 10.2 Å². The van der Waals surface area contributed by atoms with Gasteiger partial charge in [0.25, 0.3) is 0 Å². The smallest absolute Gasteiger partial charge is 0.0389 e. The Labute approximate surface area is 131 Å². The van der Waals surface area contributed by atoms with Crippen LogP contribution in [0, 0.1) is 0 Å². The molecule has 0 radical (unpaired) electrons. The summed E-state index contributed by atoms with van der Waals surface area (Å²) >= 11 is 3.74. The number of hydrogen-bond acceptors (Lipinski definition) is 3. The summed E-state index contributed by atoms with van der Waals surface area (Å²) in [5, 5.41) is 3.47. The van der Waals surface area contributed by atoms with E-state index in [1.807, 2.05) is 0 Å². The topological polar surface area (TPSA) is 18.5 Å². The molecule has 0 spiro atoms. The van der Waals surface area contributed by atoms with Crippen molar-refractivity contribution in [1.82, 2.24) is 10.2 Å². The Bertz CT molecular complexity index is 449. The number of benzene rings is 1. The van der Waals surface area contributed by atoms with Gasteiger partial charge >= 0.3 is 0 Å². The molecule has 3 nitrogen and oxygen atoms in total. The second-order valence-electron chi connectivity index (χ2n) is 5.79. The average Bonchev–Trinajstić information content (AvgIpc) is 2.38. The van der Waals surface area contributed by atoms with Gasteiger partial charge < -0.3 is 15.1 Å². The number of rotatable bonds is 4. The van der Waals surface area contributed by atoms with E-state index >= 15 is 0 Å². The van der Waals surface area contributed by atoms with Crippen molar-refractivity contribution in [3.8, 4) is 0 Å². The molecule has 1 saturated heterocycles. The molecule has 0 amide bonds. The number of nitrogens with one attached hydrogen (secondary N) is 1. The largest absolute Gasteiger partial charge is 0.366 e. The van der Waals surface area contributed by atoms with Crippen LogP contribution in [-0.2, 0) is 0 Å². The third-order valence-corrected chi connectivity index (χ3v) is 4.81. The number of halogens is 1. The van der Waals surface area contributed by atoms with Gasteiger partial charge in [0.15, 0.2) is 0 Å². The summed E-state index contributed by atoms with van der Waals surface area (Å²) in [6.45, 7) is 11.0. The lowest BCUT2D eigenvalue weighted by molar-refractivity contribution is 0.275. The maximum absolute atomic E-state index is 3.74. The lowest BCUT2D eigenvalue weighted by atomic mass is 10.1. The maximum atomic E-state index is 3.74. The van der Waals surface area contributed by atoms with E-state index in [4.69, 9.17) is 0 Å². The zero-order valence-corrected chi connectivity index (χ0v) is 14.6. The van der Waals surface area contributed by atoms with Gasteiger partial charge in [0, 0.05) is 41.9 Å². The number of anilines is 1. The molecular weight excluding hydrogens is 314 g/mol. The highest BCUT2D eigenvalue weighted by Gasteiger charge is 2.22. The normalized spacial score (nSPS) is 22.1. The Kier molecular flexibility index (Phi) is 5.47. The van der Waals surface area contributed by atoms with Crippen molar-refractivity contribution in [3.63, 3.8) is 0 Å². The molecule has 1 N–H and O–H groups in total. The lowest BCUT2D eigenvalue weighted by Gasteiger charge is -2.40. The molecule has 4 heteroatoms. The van der Waals surface area contributed by atoms with E-state index in [-0.39, 0.29) is 0 Å². The first-order valence-electron chi connectivity index (χ1n) is 7.51. The van der Waals surface area contributed by atoms with Crippen molar-refractivity contribution in [2.24, 2.45) is 0 Å². The Morgan fingerprint density at radius 3 is 2.75 bits per heavy atom. The Morgan fingerprint density at radius 2 is 2.15 bits per heavy atom. The van der Waals surface area contributed by atoms with Crippen molar-refractivity contribution >= 4 is 21.6 Å². The summed E-state index contributed by atoms with van der Waals surface area (Å²) in [4.78, 5) is 4.91. The third kappa shape index (κ3) is 3.54. The van der Waals surface area contributed by atoms with E-state index < -0.39 is 0 Å². The Morgan fingerprint density at radius 1 is 1.40 bits per heavy atom. The fourth-order valence-corrected chi connectivity index (χ4v) is 3.70. The van der Waals surface area contributed by atoms with Crippen molar-refractivity contribution in [1.29, 1.82) is 0 Å². The number of nitrogens with zero attached hydrogens (tertiary/aromatic N) is 2. The van der Waals surface area contributed by atoms with Gasteiger partial charge in [-0.05, 0) is 45.1 Å². The molecule has 1 heterocycles. The van der Waals surface area contributed by atoms with E-state index in [0.717, 1.165) is 26.2 Å². The lowest BCUT2D eigenvalue weighted by Crippen LogP contribution is -2.50. The highest BCUT2D eigenvalue weighted by molar-refractivity contribution is 9.10. The van der Waals surface area contributed by atoms with Crippen LogP contribution in [0.3, 0.4) is 0 Å². The van der Waals surface area contributed by atoms with Gasteiger partial charge in [0.05, 0.1) is 0 Å². The second-order valence-corrected chi connectivity index (χ2v) is 6.64. The van der Waals surface area contributed by atoms with Crippen LogP contribution in [0.5, 0.6) is 0 Å². The van der Waals surface area contributed by atoms with Crippen LogP contribution in [-0.4, -0.2) is 44.2 Å². The minimum absolute atomic E-state index is 0.383. The standard InChI is InChI=1S/C16H26BrN3/c1-5-18-13(3)15-7-6-14(10-16(15)17)20-9-8-19(4)11-12(20)2/h6-7,10,12-13,18H,5,8-9,11H2,1-4H3. The average molecular weight is 340 g/mol. The molecule has 1 aromatic carbocycles. The molecule has 1 fully saturated rings. The molecule has 0 bridgehead atoms.